The van der Waals surface area contributed by atoms with Crippen molar-refractivity contribution in [3.05, 3.63) is 102 Å². The summed E-state index contributed by atoms with van der Waals surface area (Å²) >= 11 is 0. The number of hydrogen-bond donors (Lipinski definition) is 3. The van der Waals surface area contributed by atoms with Gasteiger partial charge in [0.25, 0.3) is 0 Å². The monoisotopic (exact) mass is 349 g/mol. The van der Waals surface area contributed by atoms with Crippen LogP contribution >= 0.6 is 0 Å². The fraction of sp³-hybridized carbons (Fsp3) is 0.182. The van der Waals surface area contributed by atoms with Crippen molar-refractivity contribution in [3.63, 3.8) is 0 Å². The van der Waals surface area contributed by atoms with Crippen molar-refractivity contribution in [2.24, 2.45) is 0 Å². The van der Waals surface area contributed by atoms with Gasteiger partial charge < -0.3 is 14.9 Å². The molecule has 0 radical (unpaired) electrons. The number of aliphatic hydroxyl groups excluding tert-OH is 2. The zero-order valence-corrected chi connectivity index (χ0v) is 14.5. The van der Waals surface area contributed by atoms with Gasteiger partial charge in [-0.1, -0.05) is 72.8 Å². The van der Waals surface area contributed by atoms with Gasteiger partial charge in [-0.15, -0.1) is 0 Å². The Kier molecular flexibility index (Phi) is 6.39. The predicted octanol–water partition coefficient (Wildman–Crippen LogP) is 3.41. The molecule has 26 heavy (non-hydrogen) atoms. The van der Waals surface area contributed by atoms with Crippen LogP contribution in [0.1, 0.15) is 22.8 Å². The SMILES string of the molecule is OC(NCc1cccc(OCc2ccccc2)c1)[C@@H](O)c1ccccc1. The molecule has 4 nitrogen and oxygen atoms in total. The van der Waals surface area contributed by atoms with Crippen LogP contribution in [-0.2, 0) is 13.2 Å². The molecular formula is C22H23NO3. The number of ether oxygens (including phenoxy) is 1. The van der Waals surface area contributed by atoms with E-state index in [-0.39, 0.29) is 0 Å². The van der Waals surface area contributed by atoms with Gasteiger partial charge in [0.15, 0.2) is 0 Å². The summed E-state index contributed by atoms with van der Waals surface area (Å²) in [6.45, 7) is 0.931. The highest BCUT2D eigenvalue weighted by atomic mass is 16.5. The molecule has 0 aliphatic heterocycles. The Morgan fingerprint density at radius 1 is 0.769 bits per heavy atom. The molecule has 1 unspecified atom stereocenters. The molecule has 4 heteroatoms. The van der Waals surface area contributed by atoms with Gasteiger partial charge in [-0.25, -0.2) is 0 Å². The van der Waals surface area contributed by atoms with Gasteiger partial charge in [0.1, 0.15) is 24.7 Å². The molecule has 0 heterocycles. The lowest BCUT2D eigenvalue weighted by Gasteiger charge is -2.19. The van der Waals surface area contributed by atoms with Crippen LogP contribution in [-0.4, -0.2) is 16.4 Å². The topological polar surface area (TPSA) is 61.7 Å². The molecule has 0 aliphatic rings. The Morgan fingerprint density at radius 2 is 1.42 bits per heavy atom. The third kappa shape index (κ3) is 5.17. The first-order valence-corrected chi connectivity index (χ1v) is 8.62. The standard InChI is InChI=1S/C22H23NO3/c24-21(19-11-5-2-6-12-19)22(25)23-15-18-10-7-13-20(14-18)26-16-17-8-3-1-4-9-17/h1-14,21-25H,15-16H2/t21-,22?/m0/s1. The minimum Gasteiger partial charge on any atom is -0.489 e. The van der Waals surface area contributed by atoms with Crippen LogP contribution in [0.5, 0.6) is 5.75 Å². The van der Waals surface area contributed by atoms with E-state index in [1.807, 2.05) is 72.8 Å². The average molecular weight is 349 g/mol. The Morgan fingerprint density at radius 3 is 2.15 bits per heavy atom. The Bertz CT molecular complexity index is 793. The fourth-order valence-electron chi connectivity index (χ4n) is 2.65. The summed E-state index contributed by atoms with van der Waals surface area (Å²) < 4.78 is 5.82. The quantitative estimate of drug-likeness (QED) is 0.546. The van der Waals surface area contributed by atoms with Crippen LogP contribution < -0.4 is 10.1 Å². The summed E-state index contributed by atoms with van der Waals surface area (Å²) in [6.07, 6.45) is -2.03. The van der Waals surface area contributed by atoms with E-state index in [1.165, 1.54) is 0 Å². The second-order valence-electron chi connectivity index (χ2n) is 6.10. The molecule has 134 valence electrons. The zero-order valence-electron chi connectivity index (χ0n) is 14.5. The third-order valence-corrected chi connectivity index (χ3v) is 4.10. The first-order chi connectivity index (χ1) is 12.7. The van der Waals surface area contributed by atoms with Crippen LogP contribution in [0.25, 0.3) is 0 Å². The van der Waals surface area contributed by atoms with Gasteiger partial charge in [0.05, 0.1) is 0 Å². The van der Waals surface area contributed by atoms with Crippen molar-refractivity contribution in [2.75, 3.05) is 0 Å². The van der Waals surface area contributed by atoms with Gasteiger partial charge in [-0.05, 0) is 28.8 Å². The maximum atomic E-state index is 10.2. The highest BCUT2D eigenvalue weighted by Crippen LogP contribution is 2.17. The van der Waals surface area contributed by atoms with Gasteiger partial charge in [0, 0.05) is 6.54 Å². The van der Waals surface area contributed by atoms with E-state index in [1.54, 1.807) is 12.1 Å². The molecule has 0 amide bonds. The summed E-state index contributed by atoms with van der Waals surface area (Å²) in [5, 5.41) is 23.3. The molecule has 0 bridgehead atoms. The molecule has 0 aromatic heterocycles. The predicted molar refractivity (Wildman–Crippen MR) is 101 cm³/mol. The molecule has 0 spiro atoms. The van der Waals surface area contributed by atoms with E-state index in [4.69, 9.17) is 4.74 Å². The molecule has 0 aliphatic carbocycles. The highest BCUT2D eigenvalue weighted by molar-refractivity contribution is 5.29. The van der Waals surface area contributed by atoms with Crippen LogP contribution in [0.3, 0.4) is 0 Å². The van der Waals surface area contributed by atoms with Crippen molar-refractivity contribution in [2.45, 2.75) is 25.5 Å². The number of nitrogens with one attached hydrogen (secondary N) is 1. The van der Waals surface area contributed by atoms with E-state index in [0.29, 0.717) is 18.7 Å². The highest BCUT2D eigenvalue weighted by Gasteiger charge is 2.17. The van der Waals surface area contributed by atoms with Crippen molar-refractivity contribution in [1.82, 2.24) is 5.32 Å². The van der Waals surface area contributed by atoms with Gasteiger partial charge >= 0.3 is 0 Å². The van der Waals surface area contributed by atoms with Crippen LogP contribution in [0.2, 0.25) is 0 Å². The first kappa shape index (κ1) is 18.1. The lowest BCUT2D eigenvalue weighted by atomic mass is 10.1. The molecule has 0 fully saturated rings. The second kappa shape index (κ2) is 9.15. The van der Waals surface area contributed by atoms with E-state index in [9.17, 15) is 10.2 Å². The number of hydrogen-bond acceptors (Lipinski definition) is 4. The molecule has 3 aromatic carbocycles. The lowest BCUT2D eigenvalue weighted by Crippen LogP contribution is -2.34. The second-order valence-corrected chi connectivity index (χ2v) is 6.10. The van der Waals surface area contributed by atoms with Crippen LogP contribution in [0.15, 0.2) is 84.9 Å². The maximum Gasteiger partial charge on any atom is 0.135 e. The van der Waals surface area contributed by atoms with Crippen molar-refractivity contribution < 1.29 is 14.9 Å². The minimum absolute atomic E-state index is 0.424. The van der Waals surface area contributed by atoms with E-state index in [0.717, 1.165) is 16.9 Å². The van der Waals surface area contributed by atoms with Gasteiger partial charge in [-0.3, -0.25) is 5.32 Å². The Hall–Kier alpha value is -2.66. The molecular weight excluding hydrogens is 326 g/mol. The average Bonchev–Trinajstić information content (AvgIpc) is 2.71. The Labute approximate surface area is 153 Å². The molecule has 0 saturated carbocycles. The van der Waals surface area contributed by atoms with E-state index >= 15 is 0 Å². The molecule has 3 aromatic rings. The fourth-order valence-corrected chi connectivity index (χ4v) is 2.65. The van der Waals surface area contributed by atoms with Crippen molar-refractivity contribution in [1.29, 1.82) is 0 Å². The molecule has 3 rings (SSSR count). The maximum absolute atomic E-state index is 10.2. The first-order valence-electron chi connectivity index (χ1n) is 8.62. The third-order valence-electron chi connectivity index (χ3n) is 4.10. The van der Waals surface area contributed by atoms with Crippen molar-refractivity contribution >= 4 is 0 Å². The van der Waals surface area contributed by atoms with E-state index in [2.05, 4.69) is 5.32 Å². The molecule has 2 atom stereocenters. The lowest BCUT2D eigenvalue weighted by molar-refractivity contribution is -0.00421. The smallest absolute Gasteiger partial charge is 0.135 e. The van der Waals surface area contributed by atoms with Crippen LogP contribution in [0, 0.1) is 0 Å². The van der Waals surface area contributed by atoms with E-state index < -0.39 is 12.3 Å². The largest absolute Gasteiger partial charge is 0.489 e. The normalized spacial score (nSPS) is 13.2. The molecule has 3 N–H and O–H groups in total. The summed E-state index contributed by atoms with van der Waals surface area (Å²) in [6, 6.07) is 26.8. The Balaban J connectivity index is 1.53. The van der Waals surface area contributed by atoms with Crippen LogP contribution in [0.4, 0.5) is 0 Å². The summed E-state index contributed by atoms with van der Waals surface area (Å²) in [7, 11) is 0. The van der Waals surface area contributed by atoms with Gasteiger partial charge in [-0.2, -0.15) is 0 Å². The number of benzene rings is 3. The number of aliphatic hydroxyl groups is 2. The summed E-state index contributed by atoms with van der Waals surface area (Å²) in [4.78, 5) is 0. The summed E-state index contributed by atoms with van der Waals surface area (Å²) in [5.74, 6) is 0.770. The van der Waals surface area contributed by atoms with Gasteiger partial charge in [0.2, 0.25) is 0 Å². The van der Waals surface area contributed by atoms with Crippen molar-refractivity contribution in [3.8, 4) is 5.75 Å². The minimum atomic E-state index is -1.05. The zero-order chi connectivity index (χ0) is 18.2. The molecule has 0 saturated heterocycles. The number of rotatable bonds is 8. The summed E-state index contributed by atoms with van der Waals surface area (Å²) in [5.41, 5.74) is 2.75.